The standard InChI is InChI=1S/C20H23NO4/c1-14(22)17-9-10-18(19(13-17)24-3)25-15(2)20(23)21-12-11-16-7-5-4-6-8-16/h4-10,13,15H,11-12H2,1-3H3,(H,21,23)/t15-/m0/s1. The fourth-order valence-electron chi connectivity index (χ4n) is 2.35. The lowest BCUT2D eigenvalue weighted by Crippen LogP contribution is -2.37. The third kappa shape index (κ3) is 5.35. The van der Waals surface area contributed by atoms with Crippen molar-refractivity contribution < 1.29 is 19.1 Å². The number of amides is 1. The number of rotatable bonds is 8. The van der Waals surface area contributed by atoms with E-state index in [0.717, 1.165) is 12.0 Å². The van der Waals surface area contributed by atoms with Crippen molar-refractivity contribution in [3.05, 3.63) is 59.7 Å². The molecule has 0 aliphatic heterocycles. The SMILES string of the molecule is COc1cc(C(C)=O)ccc1O[C@@H](C)C(=O)NCCc1ccccc1. The summed E-state index contributed by atoms with van der Waals surface area (Å²) in [5.74, 6) is 0.597. The minimum atomic E-state index is -0.673. The third-order valence-corrected chi connectivity index (χ3v) is 3.80. The maximum atomic E-state index is 12.2. The Hall–Kier alpha value is -2.82. The van der Waals surface area contributed by atoms with Gasteiger partial charge in [0, 0.05) is 12.1 Å². The van der Waals surface area contributed by atoms with Crippen LogP contribution in [0.5, 0.6) is 11.5 Å². The fraction of sp³-hybridized carbons (Fsp3) is 0.300. The van der Waals surface area contributed by atoms with E-state index in [-0.39, 0.29) is 11.7 Å². The molecule has 25 heavy (non-hydrogen) atoms. The molecule has 2 rings (SSSR count). The Morgan fingerprint density at radius 1 is 1.08 bits per heavy atom. The van der Waals surface area contributed by atoms with Gasteiger partial charge in [0.05, 0.1) is 7.11 Å². The van der Waals surface area contributed by atoms with Crippen LogP contribution >= 0.6 is 0 Å². The summed E-state index contributed by atoms with van der Waals surface area (Å²) in [4.78, 5) is 23.6. The van der Waals surface area contributed by atoms with Crippen LogP contribution in [0.2, 0.25) is 0 Å². The van der Waals surface area contributed by atoms with Crippen molar-refractivity contribution in [2.45, 2.75) is 26.4 Å². The molecule has 0 aliphatic rings. The van der Waals surface area contributed by atoms with Gasteiger partial charge in [-0.05, 0) is 44.0 Å². The van der Waals surface area contributed by atoms with Crippen molar-refractivity contribution in [3.8, 4) is 11.5 Å². The van der Waals surface area contributed by atoms with Crippen molar-refractivity contribution in [2.24, 2.45) is 0 Å². The van der Waals surface area contributed by atoms with E-state index < -0.39 is 6.10 Å². The molecule has 2 aromatic carbocycles. The molecule has 0 aromatic heterocycles. The van der Waals surface area contributed by atoms with E-state index in [1.165, 1.54) is 14.0 Å². The number of nitrogens with one attached hydrogen (secondary N) is 1. The minimum Gasteiger partial charge on any atom is -0.493 e. The summed E-state index contributed by atoms with van der Waals surface area (Å²) in [5, 5.41) is 2.86. The smallest absolute Gasteiger partial charge is 0.260 e. The van der Waals surface area contributed by atoms with E-state index in [9.17, 15) is 9.59 Å². The number of carbonyl (C=O) groups excluding carboxylic acids is 2. The molecule has 0 spiro atoms. The van der Waals surface area contributed by atoms with Crippen molar-refractivity contribution in [2.75, 3.05) is 13.7 Å². The summed E-state index contributed by atoms with van der Waals surface area (Å²) in [6.45, 7) is 3.70. The number of benzene rings is 2. The molecule has 0 unspecified atom stereocenters. The summed E-state index contributed by atoms with van der Waals surface area (Å²) < 4.78 is 10.9. The Balaban J connectivity index is 1.91. The molecule has 0 fully saturated rings. The van der Waals surface area contributed by atoms with Crippen LogP contribution < -0.4 is 14.8 Å². The van der Waals surface area contributed by atoms with E-state index in [0.29, 0.717) is 23.6 Å². The monoisotopic (exact) mass is 341 g/mol. The fourth-order valence-corrected chi connectivity index (χ4v) is 2.35. The van der Waals surface area contributed by atoms with Gasteiger partial charge in [0.2, 0.25) is 0 Å². The second kappa shape index (κ2) is 8.87. The zero-order valence-electron chi connectivity index (χ0n) is 14.7. The van der Waals surface area contributed by atoms with Crippen LogP contribution in [0.15, 0.2) is 48.5 Å². The Bertz CT molecular complexity index is 728. The molecule has 1 atom stereocenters. The Morgan fingerprint density at radius 3 is 2.44 bits per heavy atom. The Morgan fingerprint density at radius 2 is 1.80 bits per heavy atom. The van der Waals surface area contributed by atoms with Gasteiger partial charge in [-0.1, -0.05) is 30.3 Å². The zero-order valence-corrected chi connectivity index (χ0v) is 14.7. The summed E-state index contributed by atoms with van der Waals surface area (Å²) in [6, 6.07) is 14.9. The molecule has 2 aromatic rings. The van der Waals surface area contributed by atoms with Gasteiger partial charge in [0.15, 0.2) is 23.4 Å². The van der Waals surface area contributed by atoms with Gasteiger partial charge < -0.3 is 14.8 Å². The molecule has 132 valence electrons. The van der Waals surface area contributed by atoms with Gasteiger partial charge in [-0.25, -0.2) is 0 Å². The van der Waals surface area contributed by atoms with Crippen LogP contribution in [0.3, 0.4) is 0 Å². The second-order valence-corrected chi connectivity index (χ2v) is 5.71. The molecule has 0 heterocycles. The first kappa shape index (κ1) is 18.5. The van der Waals surface area contributed by atoms with Crippen molar-refractivity contribution in [1.29, 1.82) is 0 Å². The molecular weight excluding hydrogens is 318 g/mol. The second-order valence-electron chi connectivity index (χ2n) is 5.71. The van der Waals surface area contributed by atoms with Gasteiger partial charge in [-0.3, -0.25) is 9.59 Å². The summed E-state index contributed by atoms with van der Waals surface area (Å²) in [7, 11) is 1.50. The van der Waals surface area contributed by atoms with Crippen LogP contribution in [-0.4, -0.2) is 31.4 Å². The normalized spacial score (nSPS) is 11.5. The Kier molecular flexibility index (Phi) is 6.57. The highest BCUT2D eigenvalue weighted by atomic mass is 16.5. The number of hydrogen-bond acceptors (Lipinski definition) is 4. The average Bonchev–Trinajstić information content (AvgIpc) is 2.62. The minimum absolute atomic E-state index is 0.0587. The molecule has 0 saturated heterocycles. The number of ether oxygens (including phenoxy) is 2. The number of ketones is 1. The van der Waals surface area contributed by atoms with Crippen LogP contribution in [0.25, 0.3) is 0 Å². The van der Waals surface area contributed by atoms with E-state index in [4.69, 9.17) is 9.47 Å². The maximum absolute atomic E-state index is 12.2. The average molecular weight is 341 g/mol. The molecule has 1 N–H and O–H groups in total. The first-order valence-electron chi connectivity index (χ1n) is 8.18. The van der Waals surface area contributed by atoms with Gasteiger partial charge in [-0.15, -0.1) is 0 Å². The van der Waals surface area contributed by atoms with Gasteiger partial charge in [-0.2, -0.15) is 0 Å². The predicted octanol–water partition coefficient (Wildman–Crippen LogP) is 3.02. The highest BCUT2D eigenvalue weighted by Crippen LogP contribution is 2.29. The van der Waals surface area contributed by atoms with E-state index in [2.05, 4.69) is 5.32 Å². The molecule has 0 radical (unpaired) electrons. The van der Waals surface area contributed by atoms with Crippen molar-refractivity contribution >= 4 is 11.7 Å². The van der Waals surface area contributed by atoms with Gasteiger partial charge in [0.1, 0.15) is 0 Å². The first-order valence-corrected chi connectivity index (χ1v) is 8.18. The predicted molar refractivity (Wildman–Crippen MR) is 96.2 cm³/mol. The van der Waals surface area contributed by atoms with Crippen LogP contribution in [0.4, 0.5) is 0 Å². The lowest BCUT2D eigenvalue weighted by molar-refractivity contribution is -0.127. The number of carbonyl (C=O) groups is 2. The summed E-state index contributed by atoms with van der Waals surface area (Å²) >= 11 is 0. The lowest BCUT2D eigenvalue weighted by atomic mass is 10.1. The number of methoxy groups -OCH3 is 1. The summed E-state index contributed by atoms with van der Waals surface area (Å²) in [5.41, 5.74) is 1.70. The highest BCUT2D eigenvalue weighted by Gasteiger charge is 2.17. The lowest BCUT2D eigenvalue weighted by Gasteiger charge is -2.17. The Labute approximate surface area is 148 Å². The largest absolute Gasteiger partial charge is 0.493 e. The van der Waals surface area contributed by atoms with Crippen molar-refractivity contribution in [3.63, 3.8) is 0 Å². The highest BCUT2D eigenvalue weighted by molar-refractivity contribution is 5.94. The topological polar surface area (TPSA) is 64.6 Å². The van der Waals surface area contributed by atoms with Gasteiger partial charge in [0.25, 0.3) is 5.91 Å². The number of hydrogen-bond donors (Lipinski definition) is 1. The maximum Gasteiger partial charge on any atom is 0.260 e. The summed E-state index contributed by atoms with van der Waals surface area (Å²) in [6.07, 6.45) is 0.0866. The van der Waals surface area contributed by atoms with E-state index in [1.54, 1.807) is 25.1 Å². The first-order chi connectivity index (χ1) is 12.0. The molecule has 5 heteroatoms. The molecule has 0 saturated carbocycles. The van der Waals surface area contributed by atoms with Crippen LogP contribution in [0, 0.1) is 0 Å². The number of Topliss-reactive ketones (excluding diaryl/α,β-unsaturated/α-hetero) is 1. The van der Waals surface area contributed by atoms with E-state index >= 15 is 0 Å². The molecule has 5 nitrogen and oxygen atoms in total. The van der Waals surface area contributed by atoms with Crippen molar-refractivity contribution in [1.82, 2.24) is 5.32 Å². The quantitative estimate of drug-likeness (QED) is 0.750. The van der Waals surface area contributed by atoms with Gasteiger partial charge >= 0.3 is 0 Å². The molecule has 1 amide bonds. The zero-order chi connectivity index (χ0) is 18.2. The van der Waals surface area contributed by atoms with E-state index in [1.807, 2.05) is 30.3 Å². The molecule has 0 aliphatic carbocycles. The molecule has 0 bridgehead atoms. The van der Waals surface area contributed by atoms with Crippen LogP contribution in [0.1, 0.15) is 29.8 Å². The van der Waals surface area contributed by atoms with Crippen LogP contribution in [-0.2, 0) is 11.2 Å². The molecular formula is C20H23NO4. The third-order valence-electron chi connectivity index (χ3n) is 3.80.